The Morgan fingerprint density at radius 1 is 0.708 bits per heavy atom. The van der Waals surface area contributed by atoms with E-state index < -0.39 is 5.97 Å². The van der Waals surface area contributed by atoms with Crippen LogP contribution in [0.2, 0.25) is 0 Å². The molecule has 1 N–H and O–H groups in total. The first-order valence-corrected chi connectivity index (χ1v) is 9.25. The van der Waals surface area contributed by atoms with E-state index >= 15 is 0 Å². The standard InChI is InChI=1S/C22H34O2/c1-2-3-4-5-6-7-8-9-10-11-12-13-14-15-16-17-18-19-20-21-22(23)24/h6-7,9-12,15-16,18-19H,2-5,8,13-14,17,20-21H2,1H3,(H,23,24). The molecule has 0 bridgehead atoms. The molecule has 0 rings (SSSR count). The van der Waals surface area contributed by atoms with E-state index in [1.807, 2.05) is 12.2 Å². The van der Waals surface area contributed by atoms with Gasteiger partial charge in [-0.3, -0.25) is 4.79 Å². The van der Waals surface area contributed by atoms with Crippen LogP contribution in [0.3, 0.4) is 0 Å². The first-order valence-electron chi connectivity index (χ1n) is 9.25. The Morgan fingerprint density at radius 3 is 2.00 bits per heavy atom. The topological polar surface area (TPSA) is 37.3 Å². The van der Waals surface area contributed by atoms with Gasteiger partial charge in [-0.15, -0.1) is 0 Å². The third-order valence-electron chi connectivity index (χ3n) is 3.43. The van der Waals surface area contributed by atoms with Gasteiger partial charge in [0.1, 0.15) is 0 Å². The molecule has 0 radical (unpaired) electrons. The molecule has 0 aromatic heterocycles. The van der Waals surface area contributed by atoms with Gasteiger partial charge in [-0.1, -0.05) is 80.5 Å². The van der Waals surface area contributed by atoms with Crippen LogP contribution in [0.4, 0.5) is 0 Å². The Labute approximate surface area is 148 Å². The van der Waals surface area contributed by atoms with Gasteiger partial charge in [0.05, 0.1) is 0 Å². The largest absolute Gasteiger partial charge is 0.481 e. The molecule has 0 atom stereocenters. The van der Waals surface area contributed by atoms with Crippen LogP contribution in [-0.4, -0.2) is 11.1 Å². The van der Waals surface area contributed by atoms with E-state index in [0.29, 0.717) is 6.42 Å². The van der Waals surface area contributed by atoms with Crippen LogP contribution in [0.25, 0.3) is 0 Å². The van der Waals surface area contributed by atoms with Gasteiger partial charge in [0.2, 0.25) is 0 Å². The van der Waals surface area contributed by atoms with Crippen LogP contribution in [0, 0.1) is 0 Å². The van der Waals surface area contributed by atoms with E-state index in [0.717, 1.165) is 25.7 Å². The van der Waals surface area contributed by atoms with Crippen molar-refractivity contribution in [1.29, 1.82) is 0 Å². The van der Waals surface area contributed by atoms with Crippen LogP contribution in [0.15, 0.2) is 60.8 Å². The number of allylic oxidation sites excluding steroid dienone is 10. The molecular formula is C22H34O2. The number of hydrogen-bond acceptors (Lipinski definition) is 1. The Bertz CT molecular complexity index is 425. The number of carboxylic acid groups (broad SMARTS) is 1. The van der Waals surface area contributed by atoms with Crippen LogP contribution in [0.1, 0.15) is 71.1 Å². The van der Waals surface area contributed by atoms with Crippen molar-refractivity contribution in [3.63, 3.8) is 0 Å². The number of aliphatic carboxylic acids is 1. The van der Waals surface area contributed by atoms with Crippen molar-refractivity contribution in [2.45, 2.75) is 71.1 Å². The van der Waals surface area contributed by atoms with E-state index in [1.165, 1.54) is 25.7 Å². The molecule has 0 aliphatic rings. The van der Waals surface area contributed by atoms with Crippen LogP contribution < -0.4 is 0 Å². The summed E-state index contributed by atoms with van der Waals surface area (Å²) in [5, 5.41) is 8.49. The van der Waals surface area contributed by atoms with E-state index in [-0.39, 0.29) is 6.42 Å². The maximum atomic E-state index is 10.3. The Morgan fingerprint density at radius 2 is 1.29 bits per heavy atom. The monoisotopic (exact) mass is 330 g/mol. The van der Waals surface area contributed by atoms with Crippen molar-refractivity contribution >= 4 is 5.97 Å². The number of carbonyl (C=O) groups is 1. The molecule has 0 amide bonds. The normalized spacial score (nSPS) is 12.7. The van der Waals surface area contributed by atoms with Gasteiger partial charge in [-0.2, -0.15) is 0 Å². The summed E-state index contributed by atoms with van der Waals surface area (Å²) in [6.07, 6.45) is 31.4. The minimum Gasteiger partial charge on any atom is -0.481 e. The maximum absolute atomic E-state index is 10.3. The Hall–Kier alpha value is -1.83. The lowest BCUT2D eigenvalue weighted by atomic mass is 10.2. The lowest BCUT2D eigenvalue weighted by molar-refractivity contribution is -0.136. The third-order valence-corrected chi connectivity index (χ3v) is 3.43. The average molecular weight is 331 g/mol. The average Bonchev–Trinajstić information content (AvgIpc) is 2.56. The van der Waals surface area contributed by atoms with Gasteiger partial charge in [0, 0.05) is 6.42 Å². The fourth-order valence-electron chi connectivity index (χ4n) is 2.04. The smallest absolute Gasteiger partial charge is 0.303 e. The third kappa shape index (κ3) is 20.2. The second-order valence-corrected chi connectivity index (χ2v) is 5.75. The molecule has 0 saturated carbocycles. The minimum atomic E-state index is -0.737. The van der Waals surface area contributed by atoms with Gasteiger partial charge in [-0.25, -0.2) is 0 Å². The van der Waals surface area contributed by atoms with Crippen molar-refractivity contribution in [1.82, 2.24) is 0 Å². The summed E-state index contributed by atoms with van der Waals surface area (Å²) in [6, 6.07) is 0. The molecule has 0 unspecified atom stereocenters. The van der Waals surface area contributed by atoms with Crippen molar-refractivity contribution in [3.8, 4) is 0 Å². The van der Waals surface area contributed by atoms with Crippen molar-refractivity contribution in [3.05, 3.63) is 60.8 Å². The second-order valence-electron chi connectivity index (χ2n) is 5.75. The molecular weight excluding hydrogens is 296 g/mol. The molecule has 0 aliphatic heterocycles. The van der Waals surface area contributed by atoms with Gasteiger partial charge in [0.15, 0.2) is 0 Å². The van der Waals surface area contributed by atoms with Crippen molar-refractivity contribution in [2.75, 3.05) is 0 Å². The Balaban J connectivity index is 3.46. The highest BCUT2D eigenvalue weighted by atomic mass is 16.4. The summed E-state index contributed by atoms with van der Waals surface area (Å²) >= 11 is 0. The fourth-order valence-corrected chi connectivity index (χ4v) is 2.04. The van der Waals surface area contributed by atoms with Gasteiger partial charge >= 0.3 is 5.97 Å². The van der Waals surface area contributed by atoms with Gasteiger partial charge in [-0.05, 0) is 44.9 Å². The molecule has 0 aliphatic carbocycles. The quantitative estimate of drug-likeness (QED) is 0.204. The zero-order valence-electron chi connectivity index (χ0n) is 15.2. The molecule has 2 nitrogen and oxygen atoms in total. The summed E-state index contributed by atoms with van der Waals surface area (Å²) in [5.74, 6) is -0.737. The van der Waals surface area contributed by atoms with E-state index in [2.05, 4.69) is 55.5 Å². The molecule has 0 fully saturated rings. The highest BCUT2D eigenvalue weighted by molar-refractivity contribution is 5.66. The summed E-state index contributed by atoms with van der Waals surface area (Å²) < 4.78 is 0. The summed E-state index contributed by atoms with van der Waals surface area (Å²) in [6.45, 7) is 2.23. The highest BCUT2D eigenvalue weighted by Crippen LogP contribution is 2.01. The molecule has 0 saturated heterocycles. The first kappa shape index (κ1) is 22.2. The summed E-state index contributed by atoms with van der Waals surface area (Å²) in [7, 11) is 0. The molecule has 24 heavy (non-hydrogen) atoms. The lowest BCUT2D eigenvalue weighted by Crippen LogP contribution is -1.91. The Kier molecular flexibility index (Phi) is 17.8. The number of unbranched alkanes of at least 4 members (excludes halogenated alkanes) is 4. The predicted molar refractivity (Wildman–Crippen MR) is 105 cm³/mol. The molecule has 0 heterocycles. The van der Waals surface area contributed by atoms with E-state index in [4.69, 9.17) is 5.11 Å². The number of carboxylic acids is 1. The minimum absolute atomic E-state index is 0.215. The van der Waals surface area contributed by atoms with Gasteiger partial charge < -0.3 is 5.11 Å². The fraction of sp³-hybridized carbons (Fsp3) is 0.500. The zero-order chi connectivity index (χ0) is 17.7. The van der Waals surface area contributed by atoms with E-state index in [9.17, 15) is 4.79 Å². The SMILES string of the molecule is CCCCCC=CCC=CC=CCCC=CCC=CCCC(=O)O. The molecule has 134 valence electrons. The summed E-state index contributed by atoms with van der Waals surface area (Å²) in [4.78, 5) is 10.3. The maximum Gasteiger partial charge on any atom is 0.303 e. The van der Waals surface area contributed by atoms with E-state index in [1.54, 1.807) is 0 Å². The van der Waals surface area contributed by atoms with Gasteiger partial charge in [0.25, 0.3) is 0 Å². The molecule has 0 aromatic rings. The van der Waals surface area contributed by atoms with Crippen LogP contribution >= 0.6 is 0 Å². The number of rotatable bonds is 15. The van der Waals surface area contributed by atoms with Crippen LogP contribution in [0.5, 0.6) is 0 Å². The molecule has 0 aromatic carbocycles. The molecule has 2 heteroatoms. The zero-order valence-corrected chi connectivity index (χ0v) is 15.2. The highest BCUT2D eigenvalue weighted by Gasteiger charge is 1.90. The van der Waals surface area contributed by atoms with Crippen molar-refractivity contribution in [2.24, 2.45) is 0 Å². The van der Waals surface area contributed by atoms with Crippen molar-refractivity contribution < 1.29 is 9.90 Å². The van der Waals surface area contributed by atoms with Crippen LogP contribution in [-0.2, 0) is 4.79 Å². The number of hydrogen-bond donors (Lipinski definition) is 1. The molecule has 0 spiro atoms. The first-order chi connectivity index (χ1) is 11.8. The lowest BCUT2D eigenvalue weighted by Gasteiger charge is -1.90. The predicted octanol–water partition coefficient (Wildman–Crippen LogP) is 6.77. The second kappa shape index (κ2) is 19.2. The summed E-state index contributed by atoms with van der Waals surface area (Å²) in [5.41, 5.74) is 0.